The average molecular weight is 281 g/mol. The van der Waals surface area contributed by atoms with E-state index in [0.29, 0.717) is 0 Å². The molecule has 0 bridgehead atoms. The van der Waals surface area contributed by atoms with E-state index in [1.807, 2.05) is 0 Å². The van der Waals surface area contributed by atoms with Gasteiger partial charge in [-0.25, -0.2) is 13.2 Å². The molecule has 5 heteroatoms. The second kappa shape index (κ2) is 5.30. The van der Waals surface area contributed by atoms with Gasteiger partial charge in [0, 0.05) is 12.0 Å². The first-order valence-electron chi connectivity index (χ1n) is 4.18. The van der Waals surface area contributed by atoms with Crippen LogP contribution in [0, 0.1) is 5.82 Å². The van der Waals surface area contributed by atoms with Crippen LogP contribution in [0.25, 0.3) is 0 Å². The van der Waals surface area contributed by atoms with Crippen molar-refractivity contribution in [3.63, 3.8) is 0 Å². The van der Waals surface area contributed by atoms with Gasteiger partial charge in [-0.3, -0.25) is 4.79 Å². The molecule has 15 heavy (non-hydrogen) atoms. The van der Waals surface area contributed by atoms with E-state index in [0.717, 1.165) is 18.2 Å². The Balaban J connectivity index is 2.95. The van der Waals surface area contributed by atoms with Crippen LogP contribution in [0.15, 0.2) is 18.2 Å². The fourth-order valence-corrected chi connectivity index (χ4v) is 1.32. The molecule has 0 saturated carbocycles. The van der Waals surface area contributed by atoms with Crippen molar-refractivity contribution in [2.75, 3.05) is 5.33 Å². The summed E-state index contributed by atoms with van der Waals surface area (Å²) in [5.41, 5.74) is -0.258. The first-order chi connectivity index (χ1) is 7.04. The lowest BCUT2D eigenvalue weighted by molar-refractivity contribution is -0.115. The fraction of sp³-hybridized carbons (Fsp3) is 0.300. The highest BCUT2D eigenvalue weighted by Gasteiger charge is 2.12. The number of halogens is 4. The van der Waals surface area contributed by atoms with Crippen molar-refractivity contribution in [3.8, 4) is 0 Å². The Hall–Kier alpha value is -0.840. The molecule has 0 heterocycles. The molecule has 1 aromatic rings. The van der Waals surface area contributed by atoms with Gasteiger partial charge >= 0.3 is 0 Å². The first-order valence-corrected chi connectivity index (χ1v) is 5.31. The summed E-state index contributed by atoms with van der Waals surface area (Å²) >= 11 is 2.92. The van der Waals surface area contributed by atoms with Crippen molar-refractivity contribution in [2.24, 2.45) is 0 Å². The van der Waals surface area contributed by atoms with Crippen molar-refractivity contribution in [1.29, 1.82) is 0 Å². The van der Waals surface area contributed by atoms with Crippen molar-refractivity contribution < 1.29 is 18.0 Å². The van der Waals surface area contributed by atoms with Crippen LogP contribution in [0.2, 0.25) is 0 Å². The third kappa shape index (κ3) is 3.34. The Labute approximate surface area is 93.4 Å². The SMILES string of the molecule is O=C(CBr)Cc1cc(C(F)F)ccc1F. The molecule has 0 saturated heterocycles. The first kappa shape index (κ1) is 12.2. The summed E-state index contributed by atoms with van der Waals surface area (Å²) in [6, 6.07) is 3.00. The Morgan fingerprint density at radius 1 is 1.40 bits per heavy atom. The van der Waals surface area contributed by atoms with Crippen molar-refractivity contribution in [2.45, 2.75) is 12.8 Å². The van der Waals surface area contributed by atoms with Crippen LogP contribution in [-0.4, -0.2) is 11.1 Å². The third-order valence-electron chi connectivity index (χ3n) is 1.86. The summed E-state index contributed by atoms with van der Waals surface area (Å²) in [4.78, 5) is 11.0. The molecule has 0 atom stereocenters. The van der Waals surface area contributed by atoms with Gasteiger partial charge in [0.2, 0.25) is 0 Å². The quantitative estimate of drug-likeness (QED) is 0.774. The van der Waals surface area contributed by atoms with E-state index in [1.54, 1.807) is 0 Å². The van der Waals surface area contributed by atoms with Crippen LogP contribution in [0.3, 0.4) is 0 Å². The molecule has 0 N–H and O–H groups in total. The molecule has 0 amide bonds. The summed E-state index contributed by atoms with van der Waals surface area (Å²) in [5, 5.41) is 0.0886. The Morgan fingerprint density at radius 3 is 2.60 bits per heavy atom. The molecule has 0 radical (unpaired) electrons. The molecule has 1 aromatic carbocycles. The largest absolute Gasteiger partial charge is 0.298 e. The lowest BCUT2D eigenvalue weighted by atomic mass is 10.1. The highest BCUT2D eigenvalue weighted by Crippen LogP contribution is 2.21. The number of hydrogen-bond donors (Lipinski definition) is 0. The van der Waals surface area contributed by atoms with Gasteiger partial charge in [0.05, 0.1) is 5.33 Å². The number of rotatable bonds is 4. The molecule has 0 aromatic heterocycles. The lowest BCUT2D eigenvalue weighted by Gasteiger charge is -2.04. The minimum Gasteiger partial charge on any atom is -0.298 e. The number of hydrogen-bond acceptors (Lipinski definition) is 1. The van der Waals surface area contributed by atoms with E-state index < -0.39 is 12.2 Å². The van der Waals surface area contributed by atoms with Crippen LogP contribution in [0.5, 0.6) is 0 Å². The van der Waals surface area contributed by atoms with E-state index in [1.165, 1.54) is 0 Å². The molecule has 0 aliphatic heterocycles. The van der Waals surface area contributed by atoms with Gasteiger partial charge in [-0.15, -0.1) is 0 Å². The third-order valence-corrected chi connectivity index (χ3v) is 2.48. The molecular weight excluding hydrogens is 273 g/mol. The van der Waals surface area contributed by atoms with Crippen LogP contribution < -0.4 is 0 Å². The van der Waals surface area contributed by atoms with E-state index in [9.17, 15) is 18.0 Å². The second-order valence-electron chi connectivity index (χ2n) is 3.00. The lowest BCUT2D eigenvalue weighted by Crippen LogP contribution is -2.06. The maximum absolute atomic E-state index is 13.1. The summed E-state index contributed by atoms with van der Waals surface area (Å²) in [6.45, 7) is 0. The smallest absolute Gasteiger partial charge is 0.263 e. The van der Waals surface area contributed by atoms with Gasteiger partial charge in [-0.2, -0.15) is 0 Å². The van der Waals surface area contributed by atoms with Gasteiger partial charge in [-0.1, -0.05) is 22.0 Å². The molecule has 0 aliphatic rings. The molecule has 0 spiro atoms. The summed E-state index contributed by atoms with van der Waals surface area (Å²) in [6.07, 6.45) is -2.82. The van der Waals surface area contributed by atoms with Gasteiger partial charge in [0.15, 0.2) is 0 Å². The zero-order valence-corrected chi connectivity index (χ0v) is 9.23. The van der Waals surface area contributed by atoms with Gasteiger partial charge in [-0.05, 0) is 17.7 Å². The van der Waals surface area contributed by atoms with Crippen LogP contribution in [0.1, 0.15) is 17.6 Å². The number of carbonyl (C=O) groups excluding carboxylic acids is 1. The maximum atomic E-state index is 13.1. The molecule has 0 fully saturated rings. The molecule has 0 unspecified atom stereocenters. The Bertz CT molecular complexity index is 366. The monoisotopic (exact) mass is 280 g/mol. The Kier molecular flexibility index (Phi) is 4.32. The molecule has 82 valence electrons. The van der Waals surface area contributed by atoms with E-state index in [2.05, 4.69) is 15.9 Å². The highest BCUT2D eigenvalue weighted by molar-refractivity contribution is 9.09. The van der Waals surface area contributed by atoms with Crippen LogP contribution in [-0.2, 0) is 11.2 Å². The van der Waals surface area contributed by atoms with Gasteiger partial charge in [0.1, 0.15) is 11.6 Å². The number of ketones is 1. The minimum absolute atomic E-state index is 0.0113. The number of carbonyl (C=O) groups is 1. The predicted molar refractivity (Wildman–Crippen MR) is 53.9 cm³/mol. The molecular formula is C10H8BrF3O. The predicted octanol–water partition coefficient (Wildman–Crippen LogP) is 3.27. The Morgan fingerprint density at radius 2 is 2.07 bits per heavy atom. The summed E-state index contributed by atoms with van der Waals surface area (Å²) < 4.78 is 37.7. The van der Waals surface area contributed by atoms with Crippen LogP contribution >= 0.6 is 15.9 Å². The van der Waals surface area contributed by atoms with E-state index in [4.69, 9.17) is 0 Å². The van der Waals surface area contributed by atoms with Gasteiger partial charge in [0.25, 0.3) is 6.43 Å². The topological polar surface area (TPSA) is 17.1 Å². The number of benzene rings is 1. The maximum Gasteiger partial charge on any atom is 0.263 e. The van der Waals surface area contributed by atoms with E-state index in [-0.39, 0.29) is 28.7 Å². The standard InChI is InChI=1S/C10H8BrF3O/c11-5-8(15)4-7-3-6(10(13)14)1-2-9(7)12/h1-3,10H,4-5H2. The van der Waals surface area contributed by atoms with E-state index >= 15 is 0 Å². The fourth-order valence-electron chi connectivity index (χ4n) is 1.13. The highest BCUT2D eigenvalue weighted by atomic mass is 79.9. The zero-order chi connectivity index (χ0) is 11.4. The molecule has 0 aliphatic carbocycles. The number of Topliss-reactive ketones (excluding diaryl/α,β-unsaturated/α-hetero) is 1. The van der Waals surface area contributed by atoms with Gasteiger partial charge < -0.3 is 0 Å². The average Bonchev–Trinajstić information content (AvgIpc) is 2.20. The van der Waals surface area contributed by atoms with Crippen molar-refractivity contribution >= 4 is 21.7 Å². The summed E-state index contributed by atoms with van der Waals surface area (Å²) in [7, 11) is 0. The summed E-state index contributed by atoms with van der Waals surface area (Å²) in [5.74, 6) is -0.881. The second-order valence-corrected chi connectivity index (χ2v) is 3.56. The number of alkyl halides is 3. The molecule has 1 nitrogen and oxygen atoms in total. The van der Waals surface area contributed by atoms with Crippen molar-refractivity contribution in [3.05, 3.63) is 35.1 Å². The zero-order valence-electron chi connectivity index (χ0n) is 7.64. The minimum atomic E-state index is -2.65. The van der Waals surface area contributed by atoms with Crippen LogP contribution in [0.4, 0.5) is 13.2 Å². The van der Waals surface area contributed by atoms with Crippen molar-refractivity contribution in [1.82, 2.24) is 0 Å². The molecule has 1 rings (SSSR count). The normalized spacial score (nSPS) is 10.7.